The van der Waals surface area contributed by atoms with Gasteiger partial charge >= 0.3 is 0 Å². The van der Waals surface area contributed by atoms with E-state index in [1.165, 1.54) is 47.4 Å². The molecule has 0 saturated heterocycles. The summed E-state index contributed by atoms with van der Waals surface area (Å²) in [5.41, 5.74) is 1.36. The van der Waals surface area contributed by atoms with Gasteiger partial charge in [0.15, 0.2) is 0 Å². The monoisotopic (exact) mass is 713 g/mol. The number of rotatable bonds is 15. The predicted molar refractivity (Wildman–Crippen MR) is 187 cm³/mol. The Hall–Kier alpha value is -4.12. The van der Waals surface area contributed by atoms with Crippen LogP contribution in [0.4, 0.5) is 10.1 Å². The highest BCUT2D eigenvalue weighted by Gasteiger charge is 2.35. The first-order valence-corrected chi connectivity index (χ1v) is 17.6. The molecule has 0 radical (unpaired) electrons. The molecule has 2 amide bonds. The van der Waals surface area contributed by atoms with Crippen molar-refractivity contribution in [2.45, 2.75) is 44.7 Å². The van der Waals surface area contributed by atoms with Crippen molar-refractivity contribution in [3.63, 3.8) is 0 Å². The largest absolute Gasteiger partial charge is 0.494 e. The lowest BCUT2D eigenvalue weighted by molar-refractivity contribution is -0.140. The fraction of sp³-hybridized carbons (Fsp3) is 0.278. The zero-order valence-corrected chi connectivity index (χ0v) is 29.2. The Morgan fingerprint density at radius 1 is 0.917 bits per heavy atom. The molecule has 0 saturated carbocycles. The van der Waals surface area contributed by atoms with Crippen LogP contribution in [0, 0.1) is 11.7 Å². The van der Waals surface area contributed by atoms with Crippen LogP contribution in [0.5, 0.6) is 5.75 Å². The lowest BCUT2D eigenvalue weighted by atomic mass is 10.0. The van der Waals surface area contributed by atoms with E-state index in [1.54, 1.807) is 12.1 Å². The minimum atomic E-state index is -4.38. The van der Waals surface area contributed by atoms with Crippen molar-refractivity contribution in [3.8, 4) is 5.75 Å². The molecule has 4 rings (SSSR count). The van der Waals surface area contributed by atoms with Gasteiger partial charge in [-0.15, -0.1) is 0 Å². The van der Waals surface area contributed by atoms with E-state index in [9.17, 15) is 22.4 Å². The summed E-state index contributed by atoms with van der Waals surface area (Å²) in [6, 6.07) is 23.6. The molecular weight excluding hydrogens is 676 g/mol. The van der Waals surface area contributed by atoms with Crippen LogP contribution in [-0.4, -0.2) is 50.9 Å². The van der Waals surface area contributed by atoms with Crippen molar-refractivity contribution in [2.24, 2.45) is 5.92 Å². The Balaban J connectivity index is 1.81. The second kappa shape index (κ2) is 16.8. The van der Waals surface area contributed by atoms with E-state index in [4.69, 9.17) is 27.9 Å². The van der Waals surface area contributed by atoms with Crippen LogP contribution in [0.1, 0.15) is 31.9 Å². The van der Waals surface area contributed by atoms with Gasteiger partial charge in [-0.2, -0.15) is 0 Å². The lowest BCUT2D eigenvalue weighted by Gasteiger charge is -2.34. The Bertz CT molecular complexity index is 1790. The number of nitrogens with zero attached hydrogens (tertiary/aromatic N) is 2. The molecule has 12 heteroatoms. The summed E-state index contributed by atoms with van der Waals surface area (Å²) in [6.45, 7) is 5.65. The van der Waals surface area contributed by atoms with Crippen LogP contribution in [0.3, 0.4) is 0 Å². The smallest absolute Gasteiger partial charge is 0.264 e. The van der Waals surface area contributed by atoms with Gasteiger partial charge in [-0.25, -0.2) is 12.8 Å². The third kappa shape index (κ3) is 9.71. The number of nitrogens with one attached hydrogen (secondary N) is 1. The molecular formula is C36H38Cl2FN3O5S. The average Bonchev–Trinajstić information content (AvgIpc) is 3.06. The number of anilines is 1. The molecule has 0 heterocycles. The molecule has 0 bridgehead atoms. The average molecular weight is 715 g/mol. The number of sulfonamides is 1. The number of amides is 2. The summed E-state index contributed by atoms with van der Waals surface area (Å²) >= 11 is 12.7. The SMILES string of the molecule is CCOc1ccc(S(=O)(=O)N(CC(=O)N(Cc2ccc(Cl)cc2Cl)[C@H](Cc2ccccc2)C(=O)NCC(C)C)c2ccc(F)cc2)cc1. The molecule has 0 aliphatic carbocycles. The van der Waals surface area contributed by atoms with Gasteiger partial charge in [0.25, 0.3) is 10.0 Å². The molecule has 4 aromatic rings. The predicted octanol–water partition coefficient (Wildman–Crippen LogP) is 7.14. The second-order valence-electron chi connectivity index (χ2n) is 11.5. The van der Waals surface area contributed by atoms with Crippen LogP contribution in [0.2, 0.25) is 10.0 Å². The van der Waals surface area contributed by atoms with Crippen molar-refractivity contribution in [1.82, 2.24) is 10.2 Å². The minimum absolute atomic E-state index is 0.0620. The highest BCUT2D eigenvalue weighted by molar-refractivity contribution is 7.92. The van der Waals surface area contributed by atoms with Crippen LogP contribution < -0.4 is 14.4 Å². The summed E-state index contributed by atoms with van der Waals surface area (Å²) in [7, 11) is -4.38. The lowest BCUT2D eigenvalue weighted by Crippen LogP contribution is -2.53. The van der Waals surface area contributed by atoms with Gasteiger partial charge in [-0.05, 0) is 84.6 Å². The molecule has 1 atom stereocenters. The summed E-state index contributed by atoms with van der Waals surface area (Å²) in [4.78, 5) is 29.7. The third-order valence-electron chi connectivity index (χ3n) is 7.43. The van der Waals surface area contributed by atoms with E-state index in [2.05, 4.69) is 5.32 Å². The second-order valence-corrected chi connectivity index (χ2v) is 14.2. The first-order chi connectivity index (χ1) is 22.9. The first kappa shape index (κ1) is 36.7. The normalized spacial score (nSPS) is 12.0. The first-order valence-electron chi connectivity index (χ1n) is 15.4. The molecule has 4 aromatic carbocycles. The van der Waals surface area contributed by atoms with E-state index in [-0.39, 0.29) is 34.5 Å². The Morgan fingerprint density at radius 3 is 2.19 bits per heavy atom. The van der Waals surface area contributed by atoms with Crippen molar-refractivity contribution < 1.29 is 27.1 Å². The molecule has 0 spiro atoms. The van der Waals surface area contributed by atoms with Gasteiger partial charge in [-0.3, -0.25) is 13.9 Å². The van der Waals surface area contributed by atoms with Gasteiger partial charge in [0.1, 0.15) is 24.2 Å². The summed E-state index contributed by atoms with van der Waals surface area (Å²) in [5.74, 6) is -1.06. The molecule has 0 aliphatic rings. The fourth-order valence-corrected chi connectivity index (χ4v) is 6.83. The van der Waals surface area contributed by atoms with E-state index in [1.807, 2.05) is 51.1 Å². The van der Waals surface area contributed by atoms with Crippen LogP contribution >= 0.6 is 23.2 Å². The van der Waals surface area contributed by atoms with Gasteiger partial charge in [0.2, 0.25) is 11.8 Å². The minimum Gasteiger partial charge on any atom is -0.494 e. The van der Waals surface area contributed by atoms with Crippen LogP contribution in [-0.2, 0) is 32.6 Å². The van der Waals surface area contributed by atoms with Crippen LogP contribution in [0.25, 0.3) is 0 Å². The Morgan fingerprint density at radius 2 is 1.58 bits per heavy atom. The topological polar surface area (TPSA) is 96.0 Å². The van der Waals surface area contributed by atoms with E-state index >= 15 is 0 Å². The van der Waals surface area contributed by atoms with E-state index in [0.29, 0.717) is 29.5 Å². The van der Waals surface area contributed by atoms with E-state index in [0.717, 1.165) is 22.0 Å². The molecule has 48 heavy (non-hydrogen) atoms. The quantitative estimate of drug-likeness (QED) is 0.141. The van der Waals surface area contributed by atoms with Gasteiger partial charge in [0, 0.05) is 29.6 Å². The molecule has 254 valence electrons. The maximum Gasteiger partial charge on any atom is 0.264 e. The Labute approximate surface area is 291 Å². The number of benzene rings is 4. The zero-order chi connectivity index (χ0) is 34.8. The number of hydrogen-bond donors (Lipinski definition) is 1. The molecule has 0 fully saturated rings. The van der Waals surface area contributed by atoms with Crippen LogP contribution in [0.15, 0.2) is 102 Å². The summed E-state index contributed by atoms with van der Waals surface area (Å²) in [6.07, 6.45) is 0.143. The molecule has 0 aromatic heterocycles. The zero-order valence-electron chi connectivity index (χ0n) is 26.9. The molecule has 0 unspecified atom stereocenters. The maximum absolute atomic E-state index is 14.5. The number of halogens is 3. The fourth-order valence-electron chi connectivity index (χ4n) is 4.95. The van der Waals surface area contributed by atoms with Gasteiger partial charge in [0.05, 0.1) is 17.2 Å². The van der Waals surface area contributed by atoms with Crippen molar-refractivity contribution in [2.75, 3.05) is 24.0 Å². The molecule has 0 aliphatic heterocycles. The third-order valence-corrected chi connectivity index (χ3v) is 9.80. The number of carbonyl (C=O) groups is 2. The molecule has 8 nitrogen and oxygen atoms in total. The Kier molecular flexibility index (Phi) is 12.9. The summed E-state index contributed by atoms with van der Waals surface area (Å²) in [5, 5.41) is 3.60. The van der Waals surface area contributed by atoms with Gasteiger partial charge in [-0.1, -0.05) is 73.4 Å². The van der Waals surface area contributed by atoms with E-state index < -0.39 is 40.2 Å². The van der Waals surface area contributed by atoms with Gasteiger partial charge < -0.3 is 15.0 Å². The number of carbonyl (C=O) groups excluding carboxylic acids is 2. The number of ether oxygens (including phenoxy) is 1. The summed E-state index contributed by atoms with van der Waals surface area (Å²) < 4.78 is 48.7. The highest BCUT2D eigenvalue weighted by atomic mass is 35.5. The molecule has 1 N–H and O–H groups in total. The van der Waals surface area contributed by atoms with Crippen molar-refractivity contribution >= 4 is 50.7 Å². The van der Waals surface area contributed by atoms with Crippen molar-refractivity contribution in [3.05, 3.63) is 124 Å². The van der Waals surface area contributed by atoms with Crippen molar-refractivity contribution in [1.29, 1.82) is 0 Å². The highest BCUT2D eigenvalue weighted by Crippen LogP contribution is 2.28. The maximum atomic E-state index is 14.5. The number of hydrogen-bond acceptors (Lipinski definition) is 5. The standard InChI is InChI=1S/C36H38Cl2FN3O5S/c1-4-47-31-16-18-32(19-17-31)48(45,46)42(30-14-12-29(39)13-15-30)24-35(43)41(23-27-10-11-28(37)21-33(27)38)34(36(44)40-22-25(2)3)20-26-8-6-5-7-9-26/h5-19,21,25,34H,4,20,22-24H2,1-3H3,(H,40,44)/t34-/m1/s1.